The zero-order valence-corrected chi connectivity index (χ0v) is 6.96. The van der Waals surface area contributed by atoms with Gasteiger partial charge in [-0.05, 0) is 24.8 Å². The molecule has 0 atom stereocenters. The van der Waals surface area contributed by atoms with Crippen LogP contribution in [0.15, 0.2) is 12.2 Å². The normalized spacial score (nSPS) is 21.8. The minimum atomic E-state index is 0.683. The summed E-state index contributed by atoms with van der Waals surface area (Å²) >= 11 is 0. The van der Waals surface area contributed by atoms with Crippen LogP contribution in [-0.4, -0.2) is 6.29 Å². The topological polar surface area (TPSA) is 17.1 Å². The summed E-state index contributed by atoms with van der Waals surface area (Å²) in [6.07, 6.45) is 12.6. The summed E-state index contributed by atoms with van der Waals surface area (Å²) in [5.41, 5.74) is 0. The van der Waals surface area contributed by atoms with Crippen molar-refractivity contribution in [3.63, 3.8) is 0 Å². The molecule has 0 spiro atoms. The number of allylic oxidation sites excluding steroid dienone is 2. The largest absolute Gasteiger partial charge is 0.299 e. The van der Waals surface area contributed by atoms with Crippen molar-refractivity contribution >= 4 is 6.29 Å². The molecule has 0 unspecified atom stereocenters. The second-order valence-electron chi connectivity index (χ2n) is 3.27. The molecule has 1 rings (SSSR count). The van der Waals surface area contributed by atoms with Gasteiger partial charge in [-0.1, -0.05) is 31.8 Å². The van der Waals surface area contributed by atoms with Gasteiger partial charge in [0.15, 0.2) is 0 Å². The zero-order chi connectivity index (χ0) is 7.94. The predicted octanol–water partition coefficient (Wildman–Crippen LogP) is 2.71. The van der Waals surface area contributed by atoms with Gasteiger partial charge in [0, 0.05) is 0 Å². The Hall–Kier alpha value is -0.590. The van der Waals surface area contributed by atoms with Crippen LogP contribution in [0.3, 0.4) is 0 Å². The standard InChI is InChI=1S/C10H16O/c11-9-5-8-10-6-3-1-2-4-7-10/h5,8-10H,1-4,6-7H2/b8-5-. The molecule has 1 heteroatoms. The SMILES string of the molecule is O=C/C=C\C1CCCCCC1. The van der Waals surface area contributed by atoms with Crippen LogP contribution in [0, 0.1) is 5.92 Å². The zero-order valence-electron chi connectivity index (χ0n) is 6.96. The summed E-state index contributed by atoms with van der Waals surface area (Å²) in [7, 11) is 0. The molecule has 1 nitrogen and oxygen atoms in total. The lowest BCUT2D eigenvalue weighted by molar-refractivity contribution is -0.104. The number of carbonyl (C=O) groups excluding carboxylic acids is 1. The molecule has 1 fully saturated rings. The van der Waals surface area contributed by atoms with E-state index < -0.39 is 0 Å². The van der Waals surface area contributed by atoms with Crippen molar-refractivity contribution in [1.29, 1.82) is 0 Å². The summed E-state index contributed by atoms with van der Waals surface area (Å²) < 4.78 is 0. The Morgan fingerprint density at radius 2 is 1.64 bits per heavy atom. The quantitative estimate of drug-likeness (QED) is 0.338. The highest BCUT2D eigenvalue weighted by Crippen LogP contribution is 2.23. The van der Waals surface area contributed by atoms with E-state index in [0.29, 0.717) is 5.92 Å². The highest BCUT2D eigenvalue weighted by molar-refractivity contribution is 5.64. The van der Waals surface area contributed by atoms with Crippen LogP contribution in [0.2, 0.25) is 0 Å². The molecule has 62 valence electrons. The van der Waals surface area contributed by atoms with Crippen LogP contribution in [0.25, 0.3) is 0 Å². The molecule has 11 heavy (non-hydrogen) atoms. The second kappa shape index (κ2) is 5.11. The minimum Gasteiger partial charge on any atom is -0.299 e. The Morgan fingerprint density at radius 1 is 1.00 bits per heavy atom. The summed E-state index contributed by atoms with van der Waals surface area (Å²) in [6, 6.07) is 0. The lowest BCUT2D eigenvalue weighted by atomic mass is 10.0. The van der Waals surface area contributed by atoms with E-state index in [9.17, 15) is 4.79 Å². The fourth-order valence-electron chi connectivity index (χ4n) is 1.71. The first-order valence-corrected chi connectivity index (χ1v) is 4.55. The van der Waals surface area contributed by atoms with Crippen LogP contribution in [0.5, 0.6) is 0 Å². The van der Waals surface area contributed by atoms with E-state index in [1.165, 1.54) is 38.5 Å². The number of aldehydes is 1. The van der Waals surface area contributed by atoms with Crippen LogP contribution in [0.1, 0.15) is 38.5 Å². The van der Waals surface area contributed by atoms with Crippen molar-refractivity contribution in [1.82, 2.24) is 0 Å². The first-order chi connectivity index (χ1) is 5.43. The van der Waals surface area contributed by atoms with Gasteiger partial charge in [-0.2, -0.15) is 0 Å². The van der Waals surface area contributed by atoms with Gasteiger partial charge in [0.25, 0.3) is 0 Å². The number of hydrogen-bond donors (Lipinski definition) is 0. The van der Waals surface area contributed by atoms with Gasteiger partial charge < -0.3 is 0 Å². The van der Waals surface area contributed by atoms with Crippen molar-refractivity contribution < 1.29 is 4.79 Å². The van der Waals surface area contributed by atoms with Crippen molar-refractivity contribution in [3.8, 4) is 0 Å². The van der Waals surface area contributed by atoms with E-state index in [-0.39, 0.29) is 0 Å². The van der Waals surface area contributed by atoms with E-state index >= 15 is 0 Å². The fraction of sp³-hybridized carbons (Fsp3) is 0.700. The Labute approximate surface area is 68.5 Å². The minimum absolute atomic E-state index is 0.683. The van der Waals surface area contributed by atoms with Crippen molar-refractivity contribution in [3.05, 3.63) is 12.2 Å². The maximum Gasteiger partial charge on any atom is 0.142 e. The molecular weight excluding hydrogens is 136 g/mol. The molecule has 0 bridgehead atoms. The maximum atomic E-state index is 10.0. The molecular formula is C10H16O. The number of carbonyl (C=O) groups is 1. The third-order valence-electron chi connectivity index (χ3n) is 2.36. The van der Waals surface area contributed by atoms with Gasteiger partial charge in [-0.25, -0.2) is 0 Å². The molecule has 0 aromatic carbocycles. The third-order valence-corrected chi connectivity index (χ3v) is 2.36. The molecule has 1 saturated carbocycles. The van der Waals surface area contributed by atoms with Crippen LogP contribution in [-0.2, 0) is 4.79 Å². The lowest BCUT2D eigenvalue weighted by Gasteiger charge is -2.05. The molecule has 1 aliphatic rings. The summed E-state index contributed by atoms with van der Waals surface area (Å²) in [4.78, 5) is 10.0. The van der Waals surface area contributed by atoms with E-state index in [1.807, 2.05) is 0 Å². The van der Waals surface area contributed by atoms with Gasteiger partial charge in [0.05, 0.1) is 0 Å². The molecule has 0 N–H and O–H groups in total. The van der Waals surface area contributed by atoms with Gasteiger partial charge in [-0.15, -0.1) is 0 Å². The van der Waals surface area contributed by atoms with E-state index in [4.69, 9.17) is 0 Å². The average molecular weight is 152 g/mol. The first-order valence-electron chi connectivity index (χ1n) is 4.55. The summed E-state index contributed by atoms with van der Waals surface area (Å²) in [5, 5.41) is 0. The molecule has 0 aromatic heterocycles. The monoisotopic (exact) mass is 152 g/mol. The van der Waals surface area contributed by atoms with Gasteiger partial charge >= 0.3 is 0 Å². The third kappa shape index (κ3) is 3.35. The Bertz CT molecular complexity index is 130. The summed E-state index contributed by atoms with van der Waals surface area (Å²) in [5.74, 6) is 0.683. The molecule has 0 radical (unpaired) electrons. The van der Waals surface area contributed by atoms with E-state index in [0.717, 1.165) is 6.29 Å². The van der Waals surface area contributed by atoms with Gasteiger partial charge in [0.2, 0.25) is 0 Å². The molecule has 0 aliphatic heterocycles. The fourth-order valence-corrected chi connectivity index (χ4v) is 1.71. The second-order valence-corrected chi connectivity index (χ2v) is 3.27. The van der Waals surface area contributed by atoms with Crippen molar-refractivity contribution in [2.24, 2.45) is 5.92 Å². The molecule has 0 aromatic rings. The number of hydrogen-bond acceptors (Lipinski definition) is 1. The smallest absolute Gasteiger partial charge is 0.142 e. The first kappa shape index (κ1) is 8.51. The van der Waals surface area contributed by atoms with E-state index in [2.05, 4.69) is 6.08 Å². The summed E-state index contributed by atoms with van der Waals surface area (Å²) in [6.45, 7) is 0. The molecule has 0 amide bonds. The number of rotatable bonds is 2. The van der Waals surface area contributed by atoms with Crippen LogP contribution in [0.4, 0.5) is 0 Å². The Kier molecular flexibility index (Phi) is 3.95. The molecule has 0 heterocycles. The highest BCUT2D eigenvalue weighted by atomic mass is 16.1. The average Bonchev–Trinajstić information content (AvgIpc) is 2.28. The molecule has 0 saturated heterocycles. The van der Waals surface area contributed by atoms with Crippen LogP contribution < -0.4 is 0 Å². The maximum absolute atomic E-state index is 10.0. The Morgan fingerprint density at radius 3 is 2.18 bits per heavy atom. The Balaban J connectivity index is 2.30. The van der Waals surface area contributed by atoms with Gasteiger partial charge in [0.1, 0.15) is 6.29 Å². The van der Waals surface area contributed by atoms with Crippen molar-refractivity contribution in [2.45, 2.75) is 38.5 Å². The highest BCUT2D eigenvalue weighted by Gasteiger charge is 2.07. The predicted molar refractivity (Wildman–Crippen MR) is 46.4 cm³/mol. The lowest BCUT2D eigenvalue weighted by Crippen LogP contribution is -1.92. The van der Waals surface area contributed by atoms with Crippen molar-refractivity contribution in [2.75, 3.05) is 0 Å². The van der Waals surface area contributed by atoms with Crippen LogP contribution >= 0.6 is 0 Å². The van der Waals surface area contributed by atoms with E-state index in [1.54, 1.807) is 6.08 Å². The molecule has 1 aliphatic carbocycles. The van der Waals surface area contributed by atoms with Gasteiger partial charge in [-0.3, -0.25) is 4.79 Å².